The van der Waals surface area contributed by atoms with E-state index in [-0.39, 0.29) is 39.9 Å². The summed E-state index contributed by atoms with van der Waals surface area (Å²) in [6.45, 7) is -0.183. The van der Waals surface area contributed by atoms with Crippen molar-refractivity contribution >= 4 is 23.4 Å². The van der Waals surface area contributed by atoms with E-state index < -0.39 is 11.7 Å². The zero-order valence-electron chi connectivity index (χ0n) is 15.0. The van der Waals surface area contributed by atoms with Crippen LogP contribution in [0.5, 0.6) is 5.75 Å². The Morgan fingerprint density at radius 3 is 2.68 bits per heavy atom. The number of benzene rings is 1. The van der Waals surface area contributed by atoms with Crippen LogP contribution in [-0.2, 0) is 11.2 Å². The number of hydrogen-bond acceptors (Lipinski definition) is 4. The van der Waals surface area contributed by atoms with Gasteiger partial charge in [0.15, 0.2) is 6.61 Å². The highest BCUT2D eigenvalue weighted by atomic mass is 35.5. The largest absolute Gasteiger partial charge is 0.484 e. The molecule has 2 amide bonds. The molecule has 0 unspecified atom stereocenters. The van der Waals surface area contributed by atoms with Crippen LogP contribution in [0, 0.1) is 11.2 Å². The summed E-state index contributed by atoms with van der Waals surface area (Å²) < 4.78 is 18.7. The van der Waals surface area contributed by atoms with E-state index in [0.717, 1.165) is 37.4 Å². The monoisotopic (exact) mass is 403 g/mol. The predicted octanol–water partition coefficient (Wildman–Crippen LogP) is 2.63. The summed E-state index contributed by atoms with van der Waals surface area (Å²) in [5.41, 5.74) is 6.31. The molecule has 2 bridgehead atoms. The van der Waals surface area contributed by atoms with E-state index in [1.54, 1.807) is 12.1 Å². The Labute approximate surface area is 166 Å². The van der Waals surface area contributed by atoms with E-state index in [2.05, 4.69) is 10.3 Å². The third-order valence-corrected chi connectivity index (χ3v) is 5.73. The van der Waals surface area contributed by atoms with E-state index in [1.807, 2.05) is 6.07 Å². The Bertz CT molecular complexity index is 946. The van der Waals surface area contributed by atoms with Crippen LogP contribution in [0.25, 0.3) is 0 Å². The molecule has 0 aliphatic heterocycles. The molecule has 8 heteroatoms. The van der Waals surface area contributed by atoms with Gasteiger partial charge in [0.25, 0.3) is 11.8 Å². The molecule has 3 aliphatic carbocycles. The Morgan fingerprint density at radius 2 is 2.00 bits per heavy atom. The van der Waals surface area contributed by atoms with Gasteiger partial charge in [-0.1, -0.05) is 17.7 Å². The molecule has 1 heterocycles. The van der Waals surface area contributed by atoms with Gasteiger partial charge in [-0.25, -0.2) is 9.37 Å². The third kappa shape index (κ3) is 3.54. The van der Waals surface area contributed by atoms with Crippen LogP contribution in [0.15, 0.2) is 36.4 Å². The van der Waals surface area contributed by atoms with E-state index in [1.165, 1.54) is 12.1 Å². The molecular formula is C20H19ClFN3O3. The summed E-state index contributed by atoms with van der Waals surface area (Å²) in [6.07, 6.45) is 3.35. The Hall–Kier alpha value is -2.67. The Morgan fingerprint density at radius 1 is 1.25 bits per heavy atom. The lowest BCUT2D eigenvalue weighted by Gasteiger charge is -2.70. The van der Waals surface area contributed by atoms with Crippen LogP contribution in [0.2, 0.25) is 5.02 Å². The van der Waals surface area contributed by atoms with Crippen molar-refractivity contribution < 1.29 is 18.7 Å². The maximum absolute atomic E-state index is 13.4. The maximum atomic E-state index is 13.4. The third-order valence-electron chi connectivity index (χ3n) is 5.42. The quantitative estimate of drug-likeness (QED) is 0.743. The average Bonchev–Trinajstić information content (AvgIpc) is 2.60. The summed E-state index contributed by atoms with van der Waals surface area (Å²) in [4.78, 5) is 27.7. The highest BCUT2D eigenvalue weighted by molar-refractivity contribution is 6.30. The van der Waals surface area contributed by atoms with E-state index in [9.17, 15) is 14.0 Å². The zero-order chi connectivity index (χ0) is 19.9. The van der Waals surface area contributed by atoms with Crippen molar-refractivity contribution in [1.82, 2.24) is 10.3 Å². The van der Waals surface area contributed by atoms with Crippen LogP contribution in [-0.4, -0.2) is 28.9 Å². The molecule has 0 saturated heterocycles. The van der Waals surface area contributed by atoms with Crippen molar-refractivity contribution in [3.8, 4) is 5.75 Å². The first kappa shape index (κ1) is 18.7. The minimum Gasteiger partial charge on any atom is -0.484 e. The molecule has 3 N–H and O–H groups in total. The lowest BCUT2D eigenvalue weighted by Crippen LogP contribution is -2.75. The number of hydrogen-bond donors (Lipinski definition) is 2. The van der Waals surface area contributed by atoms with Gasteiger partial charge >= 0.3 is 0 Å². The number of nitrogens with two attached hydrogens (primary N) is 1. The number of pyridine rings is 1. The number of rotatable bonds is 7. The van der Waals surface area contributed by atoms with Gasteiger partial charge in [0, 0.05) is 17.3 Å². The summed E-state index contributed by atoms with van der Waals surface area (Å²) in [5, 5.41) is 3.02. The molecule has 6 nitrogen and oxygen atoms in total. The molecule has 1 aromatic carbocycles. The van der Waals surface area contributed by atoms with Crippen molar-refractivity contribution in [3.05, 3.63) is 58.6 Å². The van der Waals surface area contributed by atoms with Gasteiger partial charge in [0.1, 0.15) is 17.3 Å². The molecule has 3 fully saturated rings. The summed E-state index contributed by atoms with van der Waals surface area (Å²) >= 11 is 5.62. The van der Waals surface area contributed by atoms with E-state index in [0.29, 0.717) is 0 Å². The average molecular weight is 404 g/mol. The van der Waals surface area contributed by atoms with E-state index >= 15 is 0 Å². The van der Waals surface area contributed by atoms with Gasteiger partial charge in [-0.3, -0.25) is 9.59 Å². The SMILES string of the molecule is NC(=O)c1cccc(CC23CC(NC(=O)COc4ccc(Cl)c(F)c4)(C2)C3)n1. The smallest absolute Gasteiger partial charge is 0.267 e. The fourth-order valence-corrected chi connectivity index (χ4v) is 4.58. The second-order valence-electron chi connectivity index (χ2n) is 7.78. The first-order valence-corrected chi connectivity index (χ1v) is 9.31. The highest BCUT2D eigenvalue weighted by Gasteiger charge is 2.68. The van der Waals surface area contributed by atoms with Crippen molar-refractivity contribution in [1.29, 1.82) is 0 Å². The number of carbonyl (C=O) groups is 2. The minimum absolute atomic E-state index is 0.00632. The first-order chi connectivity index (χ1) is 13.3. The zero-order valence-corrected chi connectivity index (χ0v) is 15.8. The van der Waals surface area contributed by atoms with Gasteiger partial charge in [0.2, 0.25) is 0 Å². The highest BCUT2D eigenvalue weighted by Crippen LogP contribution is 2.68. The van der Waals surface area contributed by atoms with E-state index in [4.69, 9.17) is 22.1 Å². The van der Waals surface area contributed by atoms with Gasteiger partial charge in [-0.05, 0) is 55.4 Å². The van der Waals surface area contributed by atoms with Crippen LogP contribution in [0.1, 0.15) is 35.4 Å². The second kappa shape index (κ2) is 6.74. The number of amides is 2. The topological polar surface area (TPSA) is 94.3 Å². The lowest BCUT2D eigenvalue weighted by molar-refractivity contribution is -0.166. The molecule has 2 aromatic rings. The molecule has 3 saturated carbocycles. The molecule has 0 atom stereocenters. The first-order valence-electron chi connectivity index (χ1n) is 8.93. The number of nitrogens with zero attached hydrogens (tertiary/aromatic N) is 1. The van der Waals surface area contributed by atoms with Gasteiger partial charge in [0.05, 0.1) is 5.02 Å². The predicted molar refractivity (Wildman–Crippen MR) is 101 cm³/mol. The molecule has 5 rings (SSSR count). The molecule has 146 valence electrons. The standard InChI is InChI=1S/C20H19ClFN3O3/c21-14-5-4-13(6-15(14)22)28-8-17(26)25-20-9-19(10-20,11-20)7-12-2-1-3-16(24-12)18(23)27/h1-6H,7-11H2,(H2,23,27)(H,25,26). The summed E-state index contributed by atoms with van der Waals surface area (Å²) in [7, 11) is 0. The number of ether oxygens (including phenoxy) is 1. The summed E-state index contributed by atoms with van der Waals surface area (Å²) in [5.74, 6) is -1.11. The fourth-order valence-electron chi connectivity index (χ4n) is 4.47. The number of nitrogens with one attached hydrogen (secondary N) is 1. The fraction of sp³-hybridized carbons (Fsp3) is 0.350. The van der Waals surface area contributed by atoms with Crippen LogP contribution in [0.3, 0.4) is 0 Å². The number of carbonyl (C=O) groups excluding carboxylic acids is 2. The Balaban J connectivity index is 1.26. The number of halogens is 2. The van der Waals surface area contributed by atoms with Crippen molar-refractivity contribution in [2.75, 3.05) is 6.61 Å². The van der Waals surface area contributed by atoms with Gasteiger partial charge in [-0.2, -0.15) is 0 Å². The maximum Gasteiger partial charge on any atom is 0.267 e. The van der Waals surface area contributed by atoms with Crippen LogP contribution >= 0.6 is 11.6 Å². The number of aromatic nitrogens is 1. The lowest BCUT2D eigenvalue weighted by atomic mass is 9.38. The van der Waals surface area contributed by atoms with Gasteiger partial charge < -0.3 is 15.8 Å². The molecule has 0 spiro atoms. The van der Waals surface area contributed by atoms with Gasteiger partial charge in [-0.15, -0.1) is 0 Å². The molecule has 0 radical (unpaired) electrons. The van der Waals surface area contributed by atoms with Crippen LogP contribution < -0.4 is 15.8 Å². The molecule has 3 aliphatic rings. The molecule has 28 heavy (non-hydrogen) atoms. The second-order valence-corrected chi connectivity index (χ2v) is 8.19. The Kier molecular flexibility index (Phi) is 4.50. The number of primary amides is 1. The van der Waals surface area contributed by atoms with Crippen molar-refractivity contribution in [2.45, 2.75) is 31.2 Å². The van der Waals surface area contributed by atoms with Crippen LogP contribution in [0.4, 0.5) is 4.39 Å². The normalized spacial score (nSPS) is 24.6. The van der Waals surface area contributed by atoms with Crippen molar-refractivity contribution in [3.63, 3.8) is 0 Å². The minimum atomic E-state index is -0.588. The van der Waals surface area contributed by atoms with Crippen molar-refractivity contribution in [2.24, 2.45) is 11.1 Å². The molecule has 1 aromatic heterocycles. The summed E-state index contributed by atoms with van der Waals surface area (Å²) in [6, 6.07) is 9.32. The molecular weight excluding hydrogens is 385 g/mol.